The van der Waals surface area contributed by atoms with E-state index in [-0.39, 0.29) is 0 Å². The van der Waals surface area contributed by atoms with Crippen LogP contribution in [0.3, 0.4) is 0 Å². The second kappa shape index (κ2) is 3.43. The molecule has 2 heterocycles. The first-order valence-electron chi connectivity index (χ1n) is 5.55. The fourth-order valence-corrected chi connectivity index (χ4v) is 1.68. The molecule has 0 atom stereocenters. The highest BCUT2D eigenvalue weighted by Gasteiger charge is 2.29. The highest BCUT2D eigenvalue weighted by atomic mass is 16.5. The van der Waals surface area contributed by atoms with Crippen molar-refractivity contribution >= 4 is 0 Å². The van der Waals surface area contributed by atoms with Gasteiger partial charge in [0.2, 0.25) is 5.89 Å². The van der Waals surface area contributed by atoms with Gasteiger partial charge < -0.3 is 9.09 Å². The number of aryl methyl sites for hydroxylation is 1. The number of imidazole rings is 1. The summed E-state index contributed by atoms with van der Waals surface area (Å²) in [6.07, 6.45) is 4.19. The minimum absolute atomic E-state index is 0.520. The van der Waals surface area contributed by atoms with Gasteiger partial charge in [-0.3, -0.25) is 0 Å². The zero-order valence-corrected chi connectivity index (χ0v) is 9.47. The van der Waals surface area contributed by atoms with E-state index in [2.05, 4.69) is 15.1 Å². The molecule has 5 heteroatoms. The molecule has 0 amide bonds. The predicted molar refractivity (Wildman–Crippen MR) is 57.1 cm³/mol. The van der Waals surface area contributed by atoms with Crippen molar-refractivity contribution in [1.82, 2.24) is 19.7 Å². The highest BCUT2D eigenvalue weighted by molar-refractivity contribution is 5.10. The zero-order chi connectivity index (χ0) is 11.1. The van der Waals surface area contributed by atoms with E-state index in [9.17, 15) is 0 Å². The normalized spacial score (nSPS) is 15.6. The van der Waals surface area contributed by atoms with Crippen LogP contribution in [-0.2, 0) is 6.54 Å². The van der Waals surface area contributed by atoms with Crippen LogP contribution in [0.1, 0.15) is 41.9 Å². The first kappa shape index (κ1) is 9.57. The summed E-state index contributed by atoms with van der Waals surface area (Å²) in [5.41, 5.74) is 2.20. The molecule has 1 saturated carbocycles. The van der Waals surface area contributed by atoms with Crippen LogP contribution in [0.25, 0.3) is 0 Å². The summed E-state index contributed by atoms with van der Waals surface area (Å²) >= 11 is 0. The largest absolute Gasteiger partial charge is 0.339 e. The van der Waals surface area contributed by atoms with E-state index >= 15 is 0 Å². The second-order valence-corrected chi connectivity index (χ2v) is 4.37. The first-order valence-corrected chi connectivity index (χ1v) is 5.55. The smallest absolute Gasteiger partial charge is 0.229 e. The number of rotatable bonds is 3. The number of nitrogens with zero attached hydrogens (tertiary/aromatic N) is 4. The fourth-order valence-electron chi connectivity index (χ4n) is 1.68. The van der Waals surface area contributed by atoms with Gasteiger partial charge >= 0.3 is 0 Å². The average Bonchev–Trinajstić information content (AvgIpc) is 2.96. The Morgan fingerprint density at radius 2 is 2.25 bits per heavy atom. The summed E-state index contributed by atoms with van der Waals surface area (Å²) in [4.78, 5) is 8.63. The van der Waals surface area contributed by atoms with E-state index in [1.807, 2.05) is 24.7 Å². The minimum Gasteiger partial charge on any atom is -0.339 e. The van der Waals surface area contributed by atoms with Gasteiger partial charge in [-0.2, -0.15) is 4.98 Å². The Morgan fingerprint density at radius 3 is 2.88 bits per heavy atom. The van der Waals surface area contributed by atoms with Gasteiger partial charge in [-0.05, 0) is 26.7 Å². The molecular weight excluding hydrogens is 204 g/mol. The van der Waals surface area contributed by atoms with Crippen LogP contribution in [0.15, 0.2) is 10.9 Å². The van der Waals surface area contributed by atoms with Gasteiger partial charge in [-0.1, -0.05) is 5.16 Å². The predicted octanol–water partition coefficient (Wildman–Crippen LogP) is 1.81. The van der Waals surface area contributed by atoms with Gasteiger partial charge in [0, 0.05) is 11.6 Å². The van der Waals surface area contributed by atoms with Gasteiger partial charge in [-0.15, -0.1) is 0 Å². The van der Waals surface area contributed by atoms with E-state index in [1.165, 1.54) is 12.8 Å². The molecule has 0 aliphatic heterocycles. The summed E-state index contributed by atoms with van der Waals surface area (Å²) in [6, 6.07) is 0. The van der Waals surface area contributed by atoms with Crippen molar-refractivity contribution < 1.29 is 4.52 Å². The monoisotopic (exact) mass is 218 g/mol. The summed E-state index contributed by atoms with van der Waals surface area (Å²) < 4.78 is 7.25. The summed E-state index contributed by atoms with van der Waals surface area (Å²) in [6.45, 7) is 4.69. The molecule has 0 bridgehead atoms. The fraction of sp³-hybridized carbons (Fsp3) is 0.545. The van der Waals surface area contributed by atoms with Crippen molar-refractivity contribution in [2.24, 2.45) is 0 Å². The lowest BCUT2D eigenvalue weighted by atomic mass is 10.4. The van der Waals surface area contributed by atoms with Crippen LogP contribution < -0.4 is 0 Å². The maximum atomic E-state index is 5.21. The second-order valence-electron chi connectivity index (χ2n) is 4.37. The minimum atomic E-state index is 0.520. The molecule has 16 heavy (non-hydrogen) atoms. The van der Waals surface area contributed by atoms with Gasteiger partial charge in [-0.25, -0.2) is 4.98 Å². The summed E-state index contributed by atoms with van der Waals surface area (Å²) in [5.74, 6) is 2.05. The molecule has 0 saturated heterocycles. The van der Waals surface area contributed by atoms with Gasteiger partial charge in [0.05, 0.1) is 18.6 Å². The van der Waals surface area contributed by atoms with Gasteiger partial charge in [0.25, 0.3) is 0 Å². The lowest BCUT2D eigenvalue weighted by Gasteiger charge is -2.00. The van der Waals surface area contributed by atoms with Crippen molar-refractivity contribution in [1.29, 1.82) is 0 Å². The highest BCUT2D eigenvalue weighted by Crippen LogP contribution is 2.38. The average molecular weight is 218 g/mol. The molecule has 0 spiro atoms. The van der Waals surface area contributed by atoms with Crippen LogP contribution in [0.2, 0.25) is 0 Å². The molecule has 0 radical (unpaired) electrons. The van der Waals surface area contributed by atoms with Crippen LogP contribution in [0, 0.1) is 13.8 Å². The Hall–Kier alpha value is -1.65. The van der Waals surface area contributed by atoms with Crippen molar-refractivity contribution in [2.45, 2.75) is 39.2 Å². The molecule has 2 aromatic rings. The quantitative estimate of drug-likeness (QED) is 0.788. The maximum absolute atomic E-state index is 5.21. The third kappa shape index (κ3) is 1.62. The molecule has 5 nitrogen and oxygen atoms in total. The first-order chi connectivity index (χ1) is 7.74. The molecule has 3 rings (SSSR count). The van der Waals surface area contributed by atoms with Crippen LogP contribution in [-0.4, -0.2) is 19.7 Å². The van der Waals surface area contributed by atoms with E-state index in [0.29, 0.717) is 12.5 Å². The number of hydrogen-bond donors (Lipinski definition) is 0. The molecule has 84 valence electrons. The Bertz CT molecular complexity index is 510. The number of aromatic nitrogens is 4. The molecule has 1 aliphatic rings. The number of hydrogen-bond acceptors (Lipinski definition) is 4. The Labute approximate surface area is 93.5 Å². The van der Waals surface area contributed by atoms with Crippen LogP contribution >= 0.6 is 0 Å². The van der Waals surface area contributed by atoms with Crippen molar-refractivity contribution in [3.05, 3.63) is 29.4 Å². The lowest BCUT2D eigenvalue weighted by Crippen LogP contribution is -2.02. The van der Waals surface area contributed by atoms with Crippen LogP contribution in [0.5, 0.6) is 0 Å². The topological polar surface area (TPSA) is 56.7 Å². The molecule has 0 aromatic carbocycles. The van der Waals surface area contributed by atoms with Crippen molar-refractivity contribution in [3.63, 3.8) is 0 Å². The van der Waals surface area contributed by atoms with Crippen molar-refractivity contribution in [2.75, 3.05) is 0 Å². The Morgan fingerprint density at radius 1 is 1.44 bits per heavy atom. The van der Waals surface area contributed by atoms with Gasteiger partial charge in [0.1, 0.15) is 0 Å². The van der Waals surface area contributed by atoms with E-state index in [0.717, 1.165) is 23.1 Å². The molecule has 1 fully saturated rings. The van der Waals surface area contributed by atoms with E-state index in [1.54, 1.807) is 0 Å². The molecule has 2 aromatic heterocycles. The Balaban J connectivity index is 1.80. The third-order valence-electron chi connectivity index (χ3n) is 3.07. The third-order valence-corrected chi connectivity index (χ3v) is 3.07. The van der Waals surface area contributed by atoms with Crippen LogP contribution in [0.4, 0.5) is 0 Å². The molecule has 0 unspecified atom stereocenters. The van der Waals surface area contributed by atoms with E-state index < -0.39 is 0 Å². The molecular formula is C11H14N4O. The lowest BCUT2D eigenvalue weighted by molar-refractivity contribution is 0.373. The van der Waals surface area contributed by atoms with Crippen molar-refractivity contribution in [3.8, 4) is 0 Å². The summed E-state index contributed by atoms with van der Waals surface area (Å²) in [5, 5.41) is 3.99. The molecule has 0 N–H and O–H groups in total. The SMILES string of the molecule is Cc1ncn(Cc2noc(C3CC3)n2)c1C. The standard InChI is InChI=1S/C11H14N4O/c1-7-8(2)15(6-12-7)5-10-13-11(16-14-10)9-3-4-9/h6,9H,3-5H2,1-2H3. The summed E-state index contributed by atoms with van der Waals surface area (Å²) in [7, 11) is 0. The molecule has 1 aliphatic carbocycles. The Kier molecular flexibility index (Phi) is 2.05. The maximum Gasteiger partial charge on any atom is 0.229 e. The van der Waals surface area contributed by atoms with Gasteiger partial charge in [0.15, 0.2) is 5.82 Å². The van der Waals surface area contributed by atoms with E-state index in [4.69, 9.17) is 4.52 Å². The zero-order valence-electron chi connectivity index (χ0n) is 9.47.